The number of nitrogens with one attached hydrogen (secondary N) is 1. The third kappa shape index (κ3) is 2.83. The minimum atomic E-state index is -0.917. The van der Waals surface area contributed by atoms with E-state index >= 15 is 0 Å². The van der Waals surface area contributed by atoms with E-state index in [1.165, 1.54) is 6.20 Å². The van der Waals surface area contributed by atoms with Crippen molar-refractivity contribution in [1.29, 1.82) is 0 Å². The van der Waals surface area contributed by atoms with Crippen LogP contribution in [-0.2, 0) is 4.79 Å². The molecule has 0 unspecified atom stereocenters. The average molecular weight is 323 g/mol. The van der Waals surface area contributed by atoms with Crippen LogP contribution in [0.1, 0.15) is 33.4 Å². The van der Waals surface area contributed by atoms with Crippen molar-refractivity contribution < 1.29 is 9.59 Å². The van der Waals surface area contributed by atoms with Crippen LogP contribution in [0.3, 0.4) is 0 Å². The molecule has 0 saturated carbocycles. The molecule has 0 aliphatic carbocycles. The highest BCUT2D eigenvalue weighted by Crippen LogP contribution is 2.16. The van der Waals surface area contributed by atoms with Crippen molar-refractivity contribution in [2.75, 3.05) is 0 Å². The standard InChI is InChI=1S/C17H17N5O2/c1-10-8-11(2)22-16(20-10)13(9-19-22)17(24)21-14(15(18)23)12-6-4-3-5-7-12/h3-9,14H,1-2H3,(H2,18,23)(H,21,24)/t14-/m0/s1. The van der Waals surface area contributed by atoms with Crippen molar-refractivity contribution in [3.05, 3.63) is 65.1 Å². The van der Waals surface area contributed by atoms with Crippen LogP contribution in [0.5, 0.6) is 0 Å². The van der Waals surface area contributed by atoms with E-state index in [2.05, 4.69) is 15.4 Å². The molecule has 2 heterocycles. The lowest BCUT2D eigenvalue weighted by Gasteiger charge is -2.15. The molecule has 24 heavy (non-hydrogen) atoms. The van der Waals surface area contributed by atoms with E-state index in [9.17, 15) is 9.59 Å². The third-order valence-electron chi connectivity index (χ3n) is 3.72. The van der Waals surface area contributed by atoms with Crippen molar-refractivity contribution in [3.63, 3.8) is 0 Å². The lowest BCUT2D eigenvalue weighted by molar-refractivity contribution is -0.120. The van der Waals surface area contributed by atoms with Crippen molar-refractivity contribution >= 4 is 17.5 Å². The average Bonchev–Trinajstić information content (AvgIpc) is 2.97. The van der Waals surface area contributed by atoms with E-state index in [4.69, 9.17) is 5.73 Å². The van der Waals surface area contributed by atoms with Crippen molar-refractivity contribution in [1.82, 2.24) is 19.9 Å². The molecule has 7 heteroatoms. The largest absolute Gasteiger partial charge is 0.368 e. The van der Waals surface area contributed by atoms with Gasteiger partial charge in [-0.1, -0.05) is 30.3 Å². The molecule has 2 aromatic heterocycles. The normalized spacial score (nSPS) is 12.1. The second-order valence-corrected chi connectivity index (χ2v) is 5.55. The molecule has 0 saturated heterocycles. The van der Waals surface area contributed by atoms with Crippen molar-refractivity contribution in [2.24, 2.45) is 5.73 Å². The number of benzene rings is 1. The Kier molecular flexibility index (Phi) is 3.99. The lowest BCUT2D eigenvalue weighted by Crippen LogP contribution is -2.37. The molecule has 1 atom stereocenters. The summed E-state index contributed by atoms with van der Waals surface area (Å²) < 4.78 is 1.59. The molecular formula is C17H17N5O2. The SMILES string of the molecule is Cc1cc(C)n2ncc(C(=O)N[C@H](C(N)=O)c3ccccc3)c2n1. The minimum Gasteiger partial charge on any atom is -0.368 e. The summed E-state index contributed by atoms with van der Waals surface area (Å²) in [6, 6.07) is 9.81. The quantitative estimate of drug-likeness (QED) is 0.755. The summed E-state index contributed by atoms with van der Waals surface area (Å²) in [5.74, 6) is -1.08. The van der Waals surface area contributed by atoms with Crippen LogP contribution in [0.4, 0.5) is 0 Å². The Hall–Kier alpha value is -3.22. The molecule has 0 aliphatic rings. The Morgan fingerprint density at radius 2 is 1.92 bits per heavy atom. The fourth-order valence-corrected chi connectivity index (χ4v) is 2.60. The number of nitrogens with zero attached hydrogens (tertiary/aromatic N) is 3. The smallest absolute Gasteiger partial charge is 0.257 e. The van der Waals surface area contributed by atoms with Gasteiger partial charge in [-0.15, -0.1) is 0 Å². The number of carbonyl (C=O) groups excluding carboxylic acids is 2. The zero-order valence-electron chi connectivity index (χ0n) is 13.4. The number of amides is 2. The second-order valence-electron chi connectivity index (χ2n) is 5.55. The summed E-state index contributed by atoms with van der Waals surface area (Å²) in [6.45, 7) is 3.73. The van der Waals surface area contributed by atoms with Gasteiger partial charge >= 0.3 is 0 Å². The van der Waals surface area contributed by atoms with Gasteiger partial charge in [0, 0.05) is 11.4 Å². The minimum absolute atomic E-state index is 0.295. The second kappa shape index (κ2) is 6.11. The highest BCUT2D eigenvalue weighted by Gasteiger charge is 2.23. The van der Waals surface area contributed by atoms with E-state index < -0.39 is 17.9 Å². The van der Waals surface area contributed by atoms with E-state index in [0.717, 1.165) is 11.4 Å². The summed E-state index contributed by atoms with van der Waals surface area (Å²) in [7, 11) is 0. The molecule has 3 aromatic rings. The van der Waals surface area contributed by atoms with Gasteiger partial charge in [-0.2, -0.15) is 5.10 Å². The first-order valence-electron chi connectivity index (χ1n) is 7.44. The summed E-state index contributed by atoms with van der Waals surface area (Å²) in [5, 5.41) is 6.84. The van der Waals surface area contributed by atoms with E-state index in [1.807, 2.05) is 26.0 Å². The summed E-state index contributed by atoms with van der Waals surface area (Å²) in [6.07, 6.45) is 1.44. The Bertz CT molecular complexity index is 917. The van der Waals surface area contributed by atoms with Gasteiger partial charge in [-0.05, 0) is 25.5 Å². The van der Waals surface area contributed by atoms with Gasteiger partial charge in [0.25, 0.3) is 5.91 Å². The van der Waals surface area contributed by atoms with Crippen LogP contribution in [0, 0.1) is 13.8 Å². The van der Waals surface area contributed by atoms with Crippen LogP contribution in [0.2, 0.25) is 0 Å². The molecular weight excluding hydrogens is 306 g/mol. The molecule has 0 aliphatic heterocycles. The molecule has 122 valence electrons. The highest BCUT2D eigenvalue weighted by molar-refractivity contribution is 6.01. The molecule has 0 bridgehead atoms. The molecule has 0 radical (unpaired) electrons. The summed E-state index contributed by atoms with van der Waals surface area (Å²) in [5.41, 5.74) is 8.45. The monoisotopic (exact) mass is 323 g/mol. The molecule has 3 rings (SSSR count). The van der Waals surface area contributed by atoms with Crippen LogP contribution in [0.15, 0.2) is 42.6 Å². The maximum atomic E-state index is 12.6. The summed E-state index contributed by atoms with van der Waals surface area (Å²) in [4.78, 5) is 28.7. The fraction of sp³-hybridized carbons (Fsp3) is 0.176. The van der Waals surface area contributed by atoms with Crippen LogP contribution < -0.4 is 11.1 Å². The maximum Gasteiger partial charge on any atom is 0.257 e. The Labute approximate surface area is 138 Å². The lowest BCUT2D eigenvalue weighted by atomic mass is 10.1. The molecule has 0 fully saturated rings. The van der Waals surface area contributed by atoms with Crippen LogP contribution in [0.25, 0.3) is 5.65 Å². The van der Waals surface area contributed by atoms with Gasteiger partial charge in [0.2, 0.25) is 5.91 Å². The number of primary amides is 1. The third-order valence-corrected chi connectivity index (χ3v) is 3.72. The maximum absolute atomic E-state index is 12.6. The van der Waals surface area contributed by atoms with Gasteiger partial charge in [0.15, 0.2) is 5.65 Å². The number of fused-ring (bicyclic) bond motifs is 1. The van der Waals surface area contributed by atoms with Crippen molar-refractivity contribution in [3.8, 4) is 0 Å². The van der Waals surface area contributed by atoms with E-state index in [0.29, 0.717) is 16.8 Å². The number of hydrogen-bond donors (Lipinski definition) is 2. The Balaban J connectivity index is 1.96. The topological polar surface area (TPSA) is 102 Å². The first-order valence-corrected chi connectivity index (χ1v) is 7.44. The number of rotatable bonds is 4. The number of nitrogens with two attached hydrogens (primary N) is 1. The molecule has 2 amide bonds. The first kappa shape index (κ1) is 15.7. The number of hydrogen-bond acceptors (Lipinski definition) is 4. The molecule has 7 nitrogen and oxygen atoms in total. The van der Waals surface area contributed by atoms with Gasteiger partial charge in [-0.3, -0.25) is 9.59 Å². The Morgan fingerprint density at radius 3 is 2.58 bits per heavy atom. The number of carbonyl (C=O) groups is 2. The number of aromatic nitrogens is 3. The van der Waals surface area contributed by atoms with Crippen molar-refractivity contribution in [2.45, 2.75) is 19.9 Å². The van der Waals surface area contributed by atoms with Crippen LogP contribution >= 0.6 is 0 Å². The molecule has 0 spiro atoms. The zero-order valence-corrected chi connectivity index (χ0v) is 13.4. The molecule has 3 N–H and O–H groups in total. The first-order chi connectivity index (χ1) is 11.5. The fourth-order valence-electron chi connectivity index (χ4n) is 2.60. The van der Waals surface area contributed by atoms with E-state index in [1.54, 1.807) is 28.8 Å². The number of aryl methyl sites for hydroxylation is 2. The Morgan fingerprint density at radius 1 is 1.21 bits per heavy atom. The van der Waals surface area contributed by atoms with Gasteiger partial charge in [0.1, 0.15) is 11.6 Å². The van der Waals surface area contributed by atoms with Gasteiger partial charge in [0.05, 0.1) is 6.20 Å². The molecule has 1 aromatic carbocycles. The highest BCUT2D eigenvalue weighted by atomic mass is 16.2. The van der Waals surface area contributed by atoms with Gasteiger partial charge in [-0.25, -0.2) is 9.50 Å². The van der Waals surface area contributed by atoms with Crippen LogP contribution in [-0.4, -0.2) is 26.4 Å². The predicted octanol–water partition coefficient (Wildman–Crippen LogP) is 1.30. The zero-order chi connectivity index (χ0) is 17.3. The summed E-state index contributed by atoms with van der Waals surface area (Å²) >= 11 is 0. The van der Waals surface area contributed by atoms with E-state index in [-0.39, 0.29) is 0 Å². The van der Waals surface area contributed by atoms with Gasteiger partial charge < -0.3 is 11.1 Å². The predicted molar refractivity (Wildman–Crippen MR) is 88.3 cm³/mol.